The summed E-state index contributed by atoms with van der Waals surface area (Å²) in [6, 6.07) is 1.45. The van der Waals surface area contributed by atoms with Gasteiger partial charge in [-0.3, -0.25) is 4.98 Å². The molecule has 0 bridgehead atoms. The molecule has 0 spiro atoms. The number of nitrogens with zero attached hydrogens (tertiary/aromatic N) is 4. The van der Waals surface area contributed by atoms with Crippen molar-refractivity contribution in [2.75, 3.05) is 17.2 Å². The number of aromatic nitrogens is 4. The first-order chi connectivity index (χ1) is 17.3. The summed E-state index contributed by atoms with van der Waals surface area (Å²) in [6.07, 6.45) is 10.2. The number of nitrogens with one attached hydrogen (secondary N) is 2. The Bertz CT molecular complexity index is 1240. The summed E-state index contributed by atoms with van der Waals surface area (Å²) in [4.78, 5) is 18.8. The van der Waals surface area contributed by atoms with Crippen molar-refractivity contribution >= 4 is 33.3 Å². The molecule has 5 N–H and O–H groups in total. The zero-order chi connectivity index (χ0) is 25.1. The fourth-order valence-corrected chi connectivity index (χ4v) is 7.28. The summed E-state index contributed by atoms with van der Waals surface area (Å²) in [5.41, 5.74) is 1.05. The predicted molar refractivity (Wildman–Crippen MR) is 140 cm³/mol. The average Bonchev–Trinajstić information content (AvgIpc) is 3.20. The van der Waals surface area contributed by atoms with E-state index in [1.165, 1.54) is 25.7 Å². The van der Waals surface area contributed by atoms with Gasteiger partial charge in [-0.15, -0.1) is 11.3 Å². The summed E-state index contributed by atoms with van der Waals surface area (Å²) >= 11 is 1.55. The van der Waals surface area contributed by atoms with E-state index in [1.54, 1.807) is 30.7 Å². The minimum atomic E-state index is -1.42. The third kappa shape index (κ3) is 4.04. The number of aliphatic hydroxyl groups excluding tert-OH is 2. The highest BCUT2D eigenvalue weighted by Crippen LogP contribution is 2.51. The summed E-state index contributed by atoms with van der Waals surface area (Å²) in [6.45, 7) is 3.39. The van der Waals surface area contributed by atoms with E-state index in [-0.39, 0.29) is 12.1 Å². The fourth-order valence-electron chi connectivity index (χ4n) is 6.25. The van der Waals surface area contributed by atoms with Gasteiger partial charge >= 0.3 is 0 Å². The zero-order valence-electron chi connectivity index (χ0n) is 20.7. The van der Waals surface area contributed by atoms with Crippen molar-refractivity contribution in [3.8, 4) is 10.6 Å². The summed E-state index contributed by atoms with van der Waals surface area (Å²) < 4.78 is 1.02. The molecule has 4 unspecified atom stereocenters. The monoisotopic (exact) mass is 510 g/mol. The van der Waals surface area contributed by atoms with Crippen LogP contribution in [0.4, 0.5) is 11.8 Å². The van der Waals surface area contributed by atoms with E-state index in [0.29, 0.717) is 24.1 Å². The quantitative estimate of drug-likeness (QED) is 0.323. The second-order valence-electron chi connectivity index (χ2n) is 11.0. The van der Waals surface area contributed by atoms with E-state index >= 15 is 0 Å². The van der Waals surface area contributed by atoms with Crippen molar-refractivity contribution in [3.63, 3.8) is 0 Å². The second-order valence-corrected chi connectivity index (χ2v) is 12.1. The number of aryl methyl sites for hydroxylation is 1. The third-order valence-electron chi connectivity index (χ3n) is 8.61. The minimum Gasteiger partial charge on any atom is -0.396 e. The Morgan fingerprint density at radius 2 is 1.94 bits per heavy atom. The molecule has 3 aliphatic rings. The lowest BCUT2D eigenvalue weighted by molar-refractivity contribution is -0.0647. The lowest BCUT2D eigenvalue weighted by Gasteiger charge is -2.31. The molecule has 6 rings (SSSR count). The molecule has 0 aliphatic heterocycles. The predicted octanol–water partition coefficient (Wildman–Crippen LogP) is 3.50. The van der Waals surface area contributed by atoms with Crippen molar-refractivity contribution in [1.82, 2.24) is 19.9 Å². The van der Waals surface area contributed by atoms with Gasteiger partial charge in [0, 0.05) is 24.3 Å². The fraction of sp³-hybridized carbons (Fsp3) is 0.615. The van der Waals surface area contributed by atoms with Crippen molar-refractivity contribution in [1.29, 1.82) is 0 Å². The molecular formula is C26H34N6O3S. The van der Waals surface area contributed by atoms with E-state index in [1.807, 2.05) is 13.0 Å². The number of aliphatic hydroxyl groups is 3. The van der Waals surface area contributed by atoms with Crippen molar-refractivity contribution in [2.24, 2.45) is 11.8 Å². The summed E-state index contributed by atoms with van der Waals surface area (Å²) in [7, 11) is 0. The smallest absolute Gasteiger partial charge is 0.225 e. The van der Waals surface area contributed by atoms with Crippen molar-refractivity contribution in [3.05, 3.63) is 24.2 Å². The Morgan fingerprint density at radius 3 is 2.61 bits per heavy atom. The standard InChI is InChI=1S/C26H34N6O3S/c1-14-20(23-29-17-12-27-10-7-18(17)36-23)22(30-19-11-15(13-33)21(34)25(19,2)35)31-24(28-14)32-26(8-9-26)16-5-3-4-6-16/h7,10,12,15-16,19,21,33-35H,3-6,8-9,11,13H2,1-2H3,(H2,28,30,31,32). The molecule has 192 valence electrons. The van der Waals surface area contributed by atoms with Gasteiger partial charge in [0.15, 0.2) is 0 Å². The maximum absolute atomic E-state index is 11.1. The first-order valence-electron chi connectivity index (χ1n) is 13.0. The zero-order valence-corrected chi connectivity index (χ0v) is 21.6. The number of fused-ring (bicyclic) bond motifs is 1. The van der Waals surface area contributed by atoms with Gasteiger partial charge in [0.2, 0.25) is 5.95 Å². The highest BCUT2D eigenvalue weighted by atomic mass is 32.1. The molecule has 36 heavy (non-hydrogen) atoms. The largest absolute Gasteiger partial charge is 0.396 e. The van der Waals surface area contributed by atoms with Gasteiger partial charge in [0.25, 0.3) is 0 Å². The van der Waals surface area contributed by atoms with Crippen molar-refractivity contribution < 1.29 is 15.3 Å². The molecular weight excluding hydrogens is 476 g/mol. The number of anilines is 2. The van der Waals surface area contributed by atoms with Gasteiger partial charge in [-0.05, 0) is 57.9 Å². The molecule has 3 aromatic rings. The lowest BCUT2D eigenvalue weighted by Crippen LogP contribution is -2.48. The van der Waals surface area contributed by atoms with Crippen LogP contribution in [0.1, 0.15) is 57.6 Å². The van der Waals surface area contributed by atoms with Crippen LogP contribution in [0, 0.1) is 18.8 Å². The topological polar surface area (TPSA) is 136 Å². The molecule has 9 nitrogen and oxygen atoms in total. The maximum atomic E-state index is 11.1. The van der Waals surface area contributed by atoms with E-state index in [2.05, 4.69) is 15.6 Å². The molecule has 0 saturated heterocycles. The summed E-state index contributed by atoms with van der Waals surface area (Å²) in [5, 5.41) is 39.4. The molecule has 0 radical (unpaired) electrons. The van der Waals surface area contributed by atoms with Crippen LogP contribution in [-0.4, -0.2) is 65.1 Å². The third-order valence-corrected chi connectivity index (χ3v) is 9.67. The van der Waals surface area contributed by atoms with Crippen LogP contribution in [0.5, 0.6) is 0 Å². The highest BCUT2D eigenvalue weighted by molar-refractivity contribution is 7.21. The maximum Gasteiger partial charge on any atom is 0.225 e. The Kier molecular flexibility index (Phi) is 5.90. The normalized spacial score (nSPS) is 29.6. The molecule has 3 heterocycles. The molecule has 0 aromatic carbocycles. The number of pyridine rings is 1. The van der Waals surface area contributed by atoms with Gasteiger partial charge in [-0.25, -0.2) is 9.97 Å². The van der Waals surface area contributed by atoms with Gasteiger partial charge in [0.05, 0.1) is 34.3 Å². The van der Waals surface area contributed by atoms with Gasteiger partial charge in [-0.2, -0.15) is 4.98 Å². The number of hydrogen-bond acceptors (Lipinski definition) is 10. The Balaban J connectivity index is 1.40. The SMILES string of the molecule is Cc1nc(NC2(C3CCCC3)CC2)nc(NC2CC(CO)C(O)C2(C)O)c1-c1nc2cnccc2s1. The van der Waals surface area contributed by atoms with Crippen molar-refractivity contribution in [2.45, 2.75) is 82.1 Å². The minimum absolute atomic E-state index is 0.0836. The van der Waals surface area contributed by atoms with Crippen LogP contribution >= 0.6 is 11.3 Å². The number of rotatable bonds is 7. The van der Waals surface area contributed by atoms with Crippen LogP contribution in [-0.2, 0) is 0 Å². The molecule has 3 aromatic heterocycles. The number of thiazole rings is 1. The second kappa shape index (κ2) is 8.86. The van der Waals surface area contributed by atoms with Crippen LogP contribution in [0.25, 0.3) is 20.8 Å². The van der Waals surface area contributed by atoms with Gasteiger partial charge < -0.3 is 26.0 Å². The molecule has 3 saturated carbocycles. The average molecular weight is 511 g/mol. The van der Waals surface area contributed by atoms with Crippen LogP contribution in [0.15, 0.2) is 18.5 Å². The molecule has 10 heteroatoms. The highest BCUT2D eigenvalue weighted by Gasteiger charge is 2.52. The Hall–Kier alpha value is -2.40. The molecule has 0 amide bonds. The van der Waals surface area contributed by atoms with Crippen LogP contribution in [0.3, 0.4) is 0 Å². The lowest BCUT2D eigenvalue weighted by atomic mass is 9.96. The summed E-state index contributed by atoms with van der Waals surface area (Å²) in [5.74, 6) is 1.41. The molecule has 3 aliphatic carbocycles. The first kappa shape index (κ1) is 24.0. The van der Waals surface area contributed by atoms with E-state index in [4.69, 9.17) is 15.0 Å². The first-order valence-corrected chi connectivity index (χ1v) is 13.8. The Morgan fingerprint density at radius 1 is 1.17 bits per heavy atom. The number of hydrogen-bond donors (Lipinski definition) is 5. The Labute approximate surface area is 214 Å². The van der Waals surface area contributed by atoms with E-state index < -0.39 is 23.7 Å². The van der Waals surface area contributed by atoms with Crippen LogP contribution < -0.4 is 10.6 Å². The molecule has 3 fully saturated rings. The van der Waals surface area contributed by atoms with Gasteiger partial charge in [0.1, 0.15) is 21.9 Å². The van der Waals surface area contributed by atoms with E-state index in [9.17, 15) is 15.3 Å². The molecule has 4 atom stereocenters. The van der Waals surface area contributed by atoms with E-state index in [0.717, 1.165) is 39.3 Å². The van der Waals surface area contributed by atoms with Gasteiger partial charge in [-0.1, -0.05) is 12.8 Å². The van der Waals surface area contributed by atoms with Crippen LogP contribution in [0.2, 0.25) is 0 Å².